The van der Waals surface area contributed by atoms with Crippen LogP contribution in [0.1, 0.15) is 30.4 Å². The van der Waals surface area contributed by atoms with Gasteiger partial charge in [-0.25, -0.2) is 16.8 Å². The molecule has 2 aliphatic rings. The fourth-order valence-electron chi connectivity index (χ4n) is 3.14. The molecule has 1 saturated carbocycles. The topological polar surface area (TPSA) is 71.5 Å². The summed E-state index contributed by atoms with van der Waals surface area (Å²) in [6.45, 7) is 1.93. The molecule has 2 fully saturated rings. The van der Waals surface area contributed by atoms with Crippen LogP contribution >= 0.6 is 0 Å². The molecule has 1 aliphatic heterocycles. The third-order valence-corrected chi connectivity index (χ3v) is 7.91. The Hall–Kier alpha value is -0.920. The largest absolute Gasteiger partial charge is 0.229 e. The second-order valence-electron chi connectivity index (χ2n) is 6.36. The number of sulfonamides is 1. The molecule has 0 bridgehead atoms. The molecule has 5 nitrogen and oxygen atoms in total. The quantitative estimate of drug-likeness (QED) is 0.812. The van der Waals surface area contributed by atoms with Crippen LogP contribution < -0.4 is 0 Å². The average Bonchev–Trinajstić information content (AvgIpc) is 3.13. The summed E-state index contributed by atoms with van der Waals surface area (Å²) in [5, 5.41) is 0. The number of hydrogen-bond acceptors (Lipinski definition) is 4. The molecule has 0 radical (unpaired) electrons. The second-order valence-corrected chi connectivity index (χ2v) is 10.5. The summed E-state index contributed by atoms with van der Waals surface area (Å²) < 4.78 is 50.5. The number of benzene rings is 1. The van der Waals surface area contributed by atoms with Crippen molar-refractivity contribution in [1.29, 1.82) is 0 Å². The van der Waals surface area contributed by atoms with Crippen molar-refractivity contribution in [1.82, 2.24) is 4.31 Å². The third-order valence-electron chi connectivity index (χ3n) is 4.23. The van der Waals surface area contributed by atoms with E-state index in [4.69, 9.17) is 0 Å². The normalized spacial score (nSPS) is 24.7. The summed E-state index contributed by atoms with van der Waals surface area (Å²) in [5.74, 6) is 0.0130. The van der Waals surface area contributed by atoms with Crippen molar-refractivity contribution < 1.29 is 16.8 Å². The summed E-state index contributed by atoms with van der Waals surface area (Å²) in [6.07, 6.45) is 2.10. The van der Waals surface area contributed by atoms with E-state index in [2.05, 4.69) is 0 Å². The molecular formula is C15H21NO4S2. The maximum atomic E-state index is 12.8. The van der Waals surface area contributed by atoms with Crippen LogP contribution in [0.4, 0.5) is 0 Å². The summed E-state index contributed by atoms with van der Waals surface area (Å²) in [5.41, 5.74) is 1.78. The van der Waals surface area contributed by atoms with E-state index in [1.807, 2.05) is 25.1 Å². The van der Waals surface area contributed by atoms with Gasteiger partial charge in [-0.05, 0) is 31.7 Å². The van der Waals surface area contributed by atoms with Gasteiger partial charge in [0.25, 0.3) is 0 Å². The van der Waals surface area contributed by atoms with Crippen molar-refractivity contribution in [3.63, 3.8) is 0 Å². The Kier molecular flexibility index (Phi) is 4.07. The van der Waals surface area contributed by atoms with Crippen LogP contribution in [0.25, 0.3) is 0 Å². The van der Waals surface area contributed by atoms with E-state index in [1.165, 1.54) is 4.31 Å². The molecule has 7 heteroatoms. The zero-order chi connectivity index (χ0) is 16.0. The smallest absolute Gasteiger partial charge is 0.218 e. The van der Waals surface area contributed by atoms with Gasteiger partial charge in [0.1, 0.15) is 0 Å². The Balaban J connectivity index is 1.84. The van der Waals surface area contributed by atoms with Crippen LogP contribution in [-0.2, 0) is 25.6 Å². The highest BCUT2D eigenvalue weighted by Gasteiger charge is 2.45. The van der Waals surface area contributed by atoms with Crippen LogP contribution in [0.5, 0.6) is 0 Å². The van der Waals surface area contributed by atoms with Crippen LogP contribution in [0.2, 0.25) is 0 Å². The standard InChI is InChI=1S/C15H21NO4S2/c1-12-3-2-4-13(9-12)10-22(19,20)16(14-5-6-14)15-7-8-21(17,18)11-15/h2-4,9,14-15H,5-8,10-11H2,1H3. The lowest BCUT2D eigenvalue weighted by molar-refractivity contribution is 0.332. The Morgan fingerprint density at radius 1 is 1.18 bits per heavy atom. The first-order valence-electron chi connectivity index (χ1n) is 7.54. The van der Waals surface area contributed by atoms with Crippen LogP contribution in [0, 0.1) is 6.92 Å². The van der Waals surface area contributed by atoms with Crippen molar-refractivity contribution >= 4 is 19.9 Å². The molecule has 122 valence electrons. The molecule has 0 amide bonds. The number of sulfone groups is 1. The molecule has 1 heterocycles. The van der Waals surface area contributed by atoms with Gasteiger partial charge in [-0.2, -0.15) is 4.31 Å². The van der Waals surface area contributed by atoms with Gasteiger partial charge in [0, 0.05) is 12.1 Å². The summed E-state index contributed by atoms with van der Waals surface area (Å²) >= 11 is 0. The molecule has 1 aliphatic carbocycles. The Bertz CT molecular complexity index is 766. The molecule has 3 rings (SSSR count). The molecular weight excluding hydrogens is 322 g/mol. The monoisotopic (exact) mass is 343 g/mol. The minimum Gasteiger partial charge on any atom is -0.229 e. The lowest BCUT2D eigenvalue weighted by Crippen LogP contribution is -2.43. The van der Waals surface area contributed by atoms with Crippen LogP contribution in [-0.4, -0.2) is 44.7 Å². The highest BCUT2D eigenvalue weighted by Crippen LogP contribution is 2.35. The van der Waals surface area contributed by atoms with E-state index in [-0.39, 0.29) is 29.3 Å². The average molecular weight is 343 g/mol. The minimum absolute atomic E-state index is 0.00638. The molecule has 0 aromatic heterocycles. The predicted molar refractivity (Wildman–Crippen MR) is 85.7 cm³/mol. The van der Waals surface area contributed by atoms with Gasteiger partial charge in [-0.3, -0.25) is 0 Å². The Morgan fingerprint density at radius 3 is 2.45 bits per heavy atom. The zero-order valence-corrected chi connectivity index (χ0v) is 14.2. The molecule has 0 spiro atoms. The molecule has 1 atom stereocenters. The van der Waals surface area contributed by atoms with Gasteiger partial charge in [-0.1, -0.05) is 29.8 Å². The highest BCUT2D eigenvalue weighted by molar-refractivity contribution is 7.92. The van der Waals surface area contributed by atoms with Crippen molar-refractivity contribution in [3.05, 3.63) is 35.4 Å². The van der Waals surface area contributed by atoms with Crippen molar-refractivity contribution in [2.24, 2.45) is 0 Å². The molecule has 22 heavy (non-hydrogen) atoms. The number of hydrogen-bond donors (Lipinski definition) is 0. The molecule has 1 aromatic rings. The number of nitrogens with zero attached hydrogens (tertiary/aromatic N) is 1. The highest BCUT2D eigenvalue weighted by atomic mass is 32.2. The van der Waals surface area contributed by atoms with E-state index in [0.717, 1.165) is 24.0 Å². The summed E-state index contributed by atoms with van der Waals surface area (Å²) in [4.78, 5) is 0. The van der Waals surface area contributed by atoms with E-state index < -0.39 is 19.9 Å². The van der Waals surface area contributed by atoms with E-state index in [0.29, 0.717) is 6.42 Å². The molecule has 1 unspecified atom stereocenters. The first-order chi connectivity index (χ1) is 10.3. The van der Waals surface area contributed by atoms with Gasteiger partial charge < -0.3 is 0 Å². The molecule has 1 saturated heterocycles. The molecule has 1 aromatic carbocycles. The summed E-state index contributed by atoms with van der Waals surface area (Å²) in [7, 11) is -6.59. The van der Waals surface area contributed by atoms with Crippen molar-refractivity contribution in [3.8, 4) is 0 Å². The zero-order valence-electron chi connectivity index (χ0n) is 12.6. The van der Waals surface area contributed by atoms with Crippen molar-refractivity contribution in [2.75, 3.05) is 11.5 Å². The lowest BCUT2D eigenvalue weighted by Gasteiger charge is -2.27. The van der Waals surface area contributed by atoms with Crippen LogP contribution in [0.15, 0.2) is 24.3 Å². The van der Waals surface area contributed by atoms with Gasteiger partial charge in [0.15, 0.2) is 9.84 Å². The first kappa shape index (κ1) is 16.0. The third kappa shape index (κ3) is 3.52. The Labute approximate surface area is 132 Å². The maximum Gasteiger partial charge on any atom is 0.218 e. The maximum absolute atomic E-state index is 12.8. The van der Waals surface area contributed by atoms with E-state index >= 15 is 0 Å². The minimum atomic E-state index is -3.49. The van der Waals surface area contributed by atoms with Gasteiger partial charge in [0.05, 0.1) is 17.3 Å². The second kappa shape index (κ2) is 5.62. The van der Waals surface area contributed by atoms with E-state index in [1.54, 1.807) is 6.07 Å². The van der Waals surface area contributed by atoms with Crippen molar-refractivity contribution in [2.45, 2.75) is 44.0 Å². The fraction of sp³-hybridized carbons (Fsp3) is 0.600. The van der Waals surface area contributed by atoms with Gasteiger partial charge in [-0.15, -0.1) is 0 Å². The number of rotatable bonds is 5. The first-order valence-corrected chi connectivity index (χ1v) is 11.0. The SMILES string of the molecule is Cc1cccc(CS(=O)(=O)N(C2CC2)C2CCS(=O)(=O)C2)c1. The van der Waals surface area contributed by atoms with Gasteiger partial charge >= 0.3 is 0 Å². The Morgan fingerprint density at radius 2 is 1.91 bits per heavy atom. The number of aryl methyl sites for hydroxylation is 1. The van der Waals surface area contributed by atoms with Crippen LogP contribution in [0.3, 0.4) is 0 Å². The fourth-order valence-corrected chi connectivity index (χ4v) is 7.00. The lowest BCUT2D eigenvalue weighted by atomic mass is 10.2. The van der Waals surface area contributed by atoms with Gasteiger partial charge in [0.2, 0.25) is 10.0 Å². The predicted octanol–water partition coefficient (Wildman–Crippen LogP) is 1.48. The van der Waals surface area contributed by atoms with E-state index in [9.17, 15) is 16.8 Å². The molecule has 0 N–H and O–H groups in total. The summed E-state index contributed by atoms with van der Waals surface area (Å²) in [6, 6.07) is 7.06.